The molecule has 0 radical (unpaired) electrons. The second-order valence-corrected chi connectivity index (χ2v) is 7.23. The van der Waals surface area contributed by atoms with Crippen molar-refractivity contribution in [2.24, 2.45) is 0 Å². The van der Waals surface area contributed by atoms with Gasteiger partial charge in [0.2, 0.25) is 5.91 Å². The number of carbonyl (C=O) groups excluding carboxylic acids is 2. The van der Waals surface area contributed by atoms with Crippen LogP contribution in [0.4, 0.5) is 0 Å². The van der Waals surface area contributed by atoms with Gasteiger partial charge in [-0.25, -0.2) is 0 Å². The fraction of sp³-hybridized carbons (Fsp3) is 0.208. The van der Waals surface area contributed by atoms with Crippen LogP contribution in [-0.4, -0.2) is 41.2 Å². The Balaban J connectivity index is 1.36. The number of para-hydroxylation sites is 1. The van der Waals surface area contributed by atoms with Crippen molar-refractivity contribution in [3.8, 4) is 11.8 Å². The molecule has 1 fully saturated rings. The molecule has 4 rings (SSSR count). The number of furan rings is 1. The van der Waals surface area contributed by atoms with Gasteiger partial charge >= 0.3 is 0 Å². The molecule has 1 aromatic heterocycles. The van der Waals surface area contributed by atoms with Crippen LogP contribution in [-0.2, 0) is 17.9 Å². The minimum absolute atomic E-state index is 0.00516. The highest BCUT2D eigenvalue weighted by molar-refractivity contribution is 5.96. The average Bonchev–Trinajstić information content (AvgIpc) is 3.28. The van der Waals surface area contributed by atoms with Crippen molar-refractivity contribution in [3.05, 3.63) is 89.4 Å². The number of ether oxygens (including phenoxy) is 1. The SMILES string of the molecule is N#Cc1ccc(CN2CCN(C(=O)c3occc3COc3ccccc3)CC2=O)cc1. The molecule has 1 aliphatic rings. The number of nitrogens with zero attached hydrogens (tertiary/aromatic N) is 3. The van der Waals surface area contributed by atoms with Crippen LogP contribution in [0, 0.1) is 11.3 Å². The monoisotopic (exact) mass is 415 g/mol. The summed E-state index contributed by atoms with van der Waals surface area (Å²) in [5, 5.41) is 8.90. The van der Waals surface area contributed by atoms with Gasteiger partial charge in [0.15, 0.2) is 5.76 Å². The zero-order valence-electron chi connectivity index (χ0n) is 16.9. The Bertz CT molecular complexity index is 1100. The van der Waals surface area contributed by atoms with Gasteiger partial charge in [-0.15, -0.1) is 0 Å². The normalized spacial score (nSPS) is 13.7. The third kappa shape index (κ3) is 4.75. The van der Waals surface area contributed by atoms with E-state index in [0.717, 1.165) is 5.56 Å². The molecule has 0 atom stereocenters. The number of hydrogen-bond donors (Lipinski definition) is 0. The molecule has 7 nitrogen and oxygen atoms in total. The molecule has 0 bridgehead atoms. The van der Waals surface area contributed by atoms with Crippen LogP contribution < -0.4 is 4.74 Å². The number of rotatable bonds is 6. The highest BCUT2D eigenvalue weighted by Crippen LogP contribution is 2.19. The number of piperazine rings is 1. The maximum absolute atomic E-state index is 12.9. The Morgan fingerprint density at radius 2 is 1.84 bits per heavy atom. The summed E-state index contributed by atoms with van der Waals surface area (Å²) >= 11 is 0. The molecule has 2 heterocycles. The molecule has 0 N–H and O–H groups in total. The van der Waals surface area contributed by atoms with E-state index in [4.69, 9.17) is 14.4 Å². The van der Waals surface area contributed by atoms with Crippen LogP contribution in [0.3, 0.4) is 0 Å². The molecule has 0 aliphatic carbocycles. The summed E-state index contributed by atoms with van der Waals surface area (Å²) in [6.45, 7) is 1.49. The van der Waals surface area contributed by atoms with Gasteiger partial charge in [0.1, 0.15) is 18.9 Å². The number of carbonyl (C=O) groups is 2. The Morgan fingerprint density at radius 1 is 1.06 bits per heavy atom. The van der Waals surface area contributed by atoms with E-state index in [1.165, 1.54) is 11.2 Å². The molecule has 0 unspecified atom stereocenters. The molecular formula is C24H21N3O4. The molecule has 1 saturated heterocycles. The summed E-state index contributed by atoms with van der Waals surface area (Å²) in [6, 6.07) is 20.3. The smallest absolute Gasteiger partial charge is 0.290 e. The van der Waals surface area contributed by atoms with Crippen molar-refractivity contribution in [2.45, 2.75) is 13.2 Å². The molecule has 2 amide bonds. The van der Waals surface area contributed by atoms with Crippen molar-refractivity contribution in [1.82, 2.24) is 9.80 Å². The fourth-order valence-corrected chi connectivity index (χ4v) is 3.41. The molecule has 3 aromatic rings. The van der Waals surface area contributed by atoms with Gasteiger partial charge in [-0.3, -0.25) is 9.59 Å². The largest absolute Gasteiger partial charge is 0.489 e. The van der Waals surface area contributed by atoms with E-state index in [-0.39, 0.29) is 30.7 Å². The number of benzene rings is 2. The Morgan fingerprint density at radius 3 is 2.55 bits per heavy atom. The van der Waals surface area contributed by atoms with Gasteiger partial charge < -0.3 is 19.0 Å². The lowest BCUT2D eigenvalue weighted by Gasteiger charge is -2.34. The number of nitriles is 1. The van der Waals surface area contributed by atoms with E-state index in [2.05, 4.69) is 6.07 Å². The van der Waals surface area contributed by atoms with Gasteiger partial charge in [0, 0.05) is 25.2 Å². The first-order valence-corrected chi connectivity index (χ1v) is 9.94. The predicted molar refractivity (Wildman–Crippen MR) is 112 cm³/mol. The lowest BCUT2D eigenvalue weighted by atomic mass is 10.1. The molecule has 1 aliphatic heterocycles. The Hall–Kier alpha value is -4.05. The van der Waals surface area contributed by atoms with E-state index in [1.807, 2.05) is 42.5 Å². The summed E-state index contributed by atoms with van der Waals surface area (Å²) < 4.78 is 11.1. The van der Waals surface area contributed by atoms with E-state index in [1.54, 1.807) is 23.1 Å². The highest BCUT2D eigenvalue weighted by Gasteiger charge is 2.30. The summed E-state index contributed by atoms with van der Waals surface area (Å²) in [5.41, 5.74) is 2.16. The van der Waals surface area contributed by atoms with Gasteiger partial charge in [-0.05, 0) is 35.9 Å². The van der Waals surface area contributed by atoms with Gasteiger partial charge in [-0.2, -0.15) is 5.26 Å². The summed E-state index contributed by atoms with van der Waals surface area (Å²) in [6.07, 6.45) is 1.46. The molecule has 0 saturated carbocycles. The van der Waals surface area contributed by atoms with Crippen molar-refractivity contribution in [1.29, 1.82) is 5.26 Å². The predicted octanol–water partition coefficient (Wildman–Crippen LogP) is 3.21. The average molecular weight is 415 g/mol. The van der Waals surface area contributed by atoms with Gasteiger partial charge in [0.25, 0.3) is 5.91 Å². The lowest BCUT2D eigenvalue weighted by molar-refractivity contribution is -0.135. The Kier molecular flexibility index (Phi) is 5.99. The molecular weight excluding hydrogens is 394 g/mol. The van der Waals surface area contributed by atoms with Crippen molar-refractivity contribution in [2.75, 3.05) is 19.6 Å². The molecule has 156 valence electrons. The summed E-state index contributed by atoms with van der Waals surface area (Å²) in [7, 11) is 0. The van der Waals surface area contributed by atoms with Crippen LogP contribution in [0.25, 0.3) is 0 Å². The van der Waals surface area contributed by atoms with E-state index in [9.17, 15) is 9.59 Å². The fourth-order valence-electron chi connectivity index (χ4n) is 3.41. The number of amides is 2. The second kappa shape index (κ2) is 9.18. The quantitative estimate of drug-likeness (QED) is 0.617. The first-order chi connectivity index (χ1) is 15.1. The first-order valence-electron chi connectivity index (χ1n) is 9.94. The van der Waals surface area contributed by atoms with E-state index >= 15 is 0 Å². The zero-order chi connectivity index (χ0) is 21.6. The molecule has 2 aromatic carbocycles. The molecule has 0 spiro atoms. The van der Waals surface area contributed by atoms with E-state index < -0.39 is 0 Å². The van der Waals surface area contributed by atoms with Crippen molar-refractivity contribution in [3.63, 3.8) is 0 Å². The van der Waals surface area contributed by atoms with Crippen LogP contribution in [0.1, 0.15) is 27.2 Å². The van der Waals surface area contributed by atoms with Crippen molar-refractivity contribution < 1.29 is 18.7 Å². The third-order valence-electron chi connectivity index (χ3n) is 5.14. The van der Waals surface area contributed by atoms with E-state index in [0.29, 0.717) is 36.5 Å². The van der Waals surface area contributed by atoms with Crippen molar-refractivity contribution >= 4 is 11.8 Å². The third-order valence-corrected chi connectivity index (χ3v) is 5.14. The summed E-state index contributed by atoms with van der Waals surface area (Å²) in [4.78, 5) is 28.8. The zero-order valence-corrected chi connectivity index (χ0v) is 16.9. The standard InChI is InChI=1S/C24H21N3O4/c25-14-18-6-8-19(9-7-18)15-26-11-12-27(16-22(26)28)24(29)23-20(10-13-30-23)17-31-21-4-2-1-3-5-21/h1-10,13H,11-12,15-17H2. The maximum Gasteiger partial charge on any atom is 0.290 e. The molecule has 7 heteroatoms. The maximum atomic E-state index is 12.9. The van der Waals surface area contributed by atoms with Crippen LogP contribution in [0.2, 0.25) is 0 Å². The highest BCUT2D eigenvalue weighted by atomic mass is 16.5. The topological polar surface area (TPSA) is 86.8 Å². The Labute approximate surface area is 180 Å². The van der Waals surface area contributed by atoms with Gasteiger partial charge in [0.05, 0.1) is 17.9 Å². The minimum atomic E-state index is -0.317. The van der Waals surface area contributed by atoms with Gasteiger partial charge in [-0.1, -0.05) is 30.3 Å². The van der Waals surface area contributed by atoms with Crippen LogP contribution >= 0.6 is 0 Å². The summed E-state index contributed by atoms with van der Waals surface area (Å²) in [5.74, 6) is 0.457. The number of hydrogen-bond acceptors (Lipinski definition) is 5. The van der Waals surface area contributed by atoms with Crippen LogP contribution in [0.15, 0.2) is 71.3 Å². The first kappa shape index (κ1) is 20.2. The van der Waals surface area contributed by atoms with Crippen LogP contribution in [0.5, 0.6) is 5.75 Å². The molecule has 31 heavy (non-hydrogen) atoms. The minimum Gasteiger partial charge on any atom is -0.489 e. The second-order valence-electron chi connectivity index (χ2n) is 7.23. The lowest BCUT2D eigenvalue weighted by Crippen LogP contribution is -2.51.